The minimum atomic E-state index is -1.83. The number of esters is 2. The molecule has 26 heavy (non-hydrogen) atoms. The molecule has 6 nitrogen and oxygen atoms in total. The Morgan fingerprint density at radius 3 is 2.08 bits per heavy atom. The van der Waals surface area contributed by atoms with Gasteiger partial charge in [0.05, 0.1) is 11.1 Å². The Morgan fingerprint density at radius 1 is 0.962 bits per heavy atom. The minimum absolute atomic E-state index is 0.228. The van der Waals surface area contributed by atoms with Crippen LogP contribution in [0.4, 0.5) is 4.39 Å². The van der Waals surface area contributed by atoms with E-state index in [1.54, 1.807) is 48.5 Å². The number of halogens is 1. The van der Waals surface area contributed by atoms with Crippen LogP contribution < -0.4 is 0 Å². The summed E-state index contributed by atoms with van der Waals surface area (Å²) in [6.07, 6.45) is -6.20. The van der Waals surface area contributed by atoms with E-state index in [4.69, 9.17) is 14.2 Å². The summed E-state index contributed by atoms with van der Waals surface area (Å²) >= 11 is 0. The van der Waals surface area contributed by atoms with Crippen molar-refractivity contribution in [2.45, 2.75) is 24.7 Å². The number of alkyl halides is 1. The molecule has 0 amide bonds. The molecular formula is C19H17FO6. The van der Waals surface area contributed by atoms with Gasteiger partial charge in [-0.3, -0.25) is 0 Å². The second kappa shape index (κ2) is 8.07. The second-order valence-electron chi connectivity index (χ2n) is 5.71. The van der Waals surface area contributed by atoms with Gasteiger partial charge in [0.15, 0.2) is 18.6 Å². The monoisotopic (exact) mass is 360 g/mol. The number of aliphatic hydroxyl groups excluding tert-OH is 1. The average molecular weight is 360 g/mol. The number of benzene rings is 2. The van der Waals surface area contributed by atoms with Crippen molar-refractivity contribution in [2.75, 3.05) is 6.61 Å². The summed E-state index contributed by atoms with van der Waals surface area (Å²) in [6, 6.07) is 16.2. The summed E-state index contributed by atoms with van der Waals surface area (Å²) in [5, 5.41) is 9.83. The zero-order valence-corrected chi connectivity index (χ0v) is 13.7. The number of carbonyl (C=O) groups is 2. The Bertz CT molecular complexity index is 751. The van der Waals surface area contributed by atoms with Crippen LogP contribution in [0.3, 0.4) is 0 Å². The first kappa shape index (κ1) is 18.0. The molecule has 0 bridgehead atoms. The first-order valence-electron chi connectivity index (χ1n) is 8.02. The molecule has 0 saturated carbocycles. The number of ether oxygens (including phenoxy) is 3. The third kappa shape index (κ3) is 4.07. The summed E-state index contributed by atoms with van der Waals surface area (Å²) in [4.78, 5) is 23.9. The topological polar surface area (TPSA) is 82.1 Å². The Kier molecular flexibility index (Phi) is 5.60. The van der Waals surface area contributed by atoms with E-state index in [-0.39, 0.29) is 5.56 Å². The van der Waals surface area contributed by atoms with Crippen LogP contribution in [0.2, 0.25) is 0 Å². The van der Waals surface area contributed by atoms with Crippen LogP contribution in [-0.2, 0) is 14.2 Å². The van der Waals surface area contributed by atoms with Gasteiger partial charge in [-0.25, -0.2) is 14.0 Å². The van der Waals surface area contributed by atoms with E-state index in [9.17, 15) is 19.1 Å². The lowest BCUT2D eigenvalue weighted by atomic mass is 10.1. The third-order valence-corrected chi connectivity index (χ3v) is 3.91. The first-order valence-corrected chi connectivity index (χ1v) is 8.02. The van der Waals surface area contributed by atoms with Gasteiger partial charge in [0.2, 0.25) is 0 Å². The maximum Gasteiger partial charge on any atom is 0.338 e. The maximum absolute atomic E-state index is 14.5. The van der Waals surface area contributed by atoms with Crippen molar-refractivity contribution in [1.29, 1.82) is 0 Å². The predicted molar refractivity (Wildman–Crippen MR) is 88.1 cm³/mol. The van der Waals surface area contributed by atoms with E-state index in [1.165, 1.54) is 12.1 Å². The molecular weight excluding hydrogens is 343 g/mol. The van der Waals surface area contributed by atoms with E-state index < -0.39 is 43.2 Å². The van der Waals surface area contributed by atoms with Gasteiger partial charge >= 0.3 is 11.9 Å². The Morgan fingerprint density at radius 2 is 1.50 bits per heavy atom. The molecule has 0 spiro atoms. The summed E-state index contributed by atoms with van der Waals surface area (Å²) in [5.41, 5.74) is 0.541. The largest absolute Gasteiger partial charge is 0.459 e. The first-order chi connectivity index (χ1) is 12.6. The van der Waals surface area contributed by atoms with Crippen LogP contribution in [0.5, 0.6) is 0 Å². The van der Waals surface area contributed by atoms with E-state index in [0.717, 1.165) is 0 Å². The average Bonchev–Trinajstić information content (AvgIpc) is 2.95. The standard InChI is InChI=1S/C19H17FO6/c20-15-14(11-24-17(21)12-7-3-1-4-8-12)25-19(23)16(15)26-18(22)13-9-5-2-6-10-13/h1-10,14-16,19,23H,11H2/t14-,15-,16-,19-/m1/s1. The van der Waals surface area contributed by atoms with Gasteiger partial charge in [-0.05, 0) is 24.3 Å². The van der Waals surface area contributed by atoms with Crippen molar-refractivity contribution < 1.29 is 33.3 Å². The summed E-state index contributed by atoms with van der Waals surface area (Å²) in [5.74, 6) is -1.41. The molecule has 3 rings (SSSR count). The molecule has 1 fully saturated rings. The summed E-state index contributed by atoms with van der Waals surface area (Å²) < 4.78 is 29.5. The lowest BCUT2D eigenvalue weighted by Gasteiger charge is -2.16. The van der Waals surface area contributed by atoms with E-state index in [0.29, 0.717) is 5.56 Å². The van der Waals surface area contributed by atoms with Gasteiger partial charge in [-0.15, -0.1) is 0 Å². The van der Waals surface area contributed by atoms with Crippen LogP contribution >= 0.6 is 0 Å². The molecule has 0 unspecified atom stereocenters. The lowest BCUT2D eigenvalue weighted by molar-refractivity contribution is -0.135. The highest BCUT2D eigenvalue weighted by atomic mass is 19.1. The lowest BCUT2D eigenvalue weighted by Crippen LogP contribution is -2.35. The minimum Gasteiger partial charge on any atom is -0.459 e. The highest BCUT2D eigenvalue weighted by Gasteiger charge is 2.47. The Hall–Kier alpha value is -2.77. The summed E-state index contributed by atoms with van der Waals surface area (Å²) in [6.45, 7) is -0.411. The van der Waals surface area contributed by atoms with Crippen LogP contribution in [-0.4, -0.2) is 48.3 Å². The van der Waals surface area contributed by atoms with Gasteiger partial charge in [0.1, 0.15) is 12.7 Å². The van der Waals surface area contributed by atoms with Crippen molar-refractivity contribution >= 4 is 11.9 Å². The summed E-state index contributed by atoms with van der Waals surface area (Å²) in [7, 11) is 0. The molecule has 2 aromatic carbocycles. The zero-order chi connectivity index (χ0) is 18.5. The van der Waals surface area contributed by atoms with Gasteiger partial charge < -0.3 is 19.3 Å². The maximum atomic E-state index is 14.5. The SMILES string of the molecule is O=C(OC[C@H]1O[C@@H](O)[C@H](OC(=O)c2ccccc2)[C@@H]1F)c1ccccc1. The molecule has 0 radical (unpaired) electrons. The number of rotatable bonds is 5. The predicted octanol–water partition coefficient (Wildman–Crippen LogP) is 2.12. The van der Waals surface area contributed by atoms with Gasteiger partial charge in [-0.1, -0.05) is 36.4 Å². The number of hydrogen-bond donors (Lipinski definition) is 1. The smallest absolute Gasteiger partial charge is 0.338 e. The fourth-order valence-electron chi connectivity index (χ4n) is 2.54. The molecule has 2 aromatic rings. The van der Waals surface area contributed by atoms with Gasteiger partial charge in [0, 0.05) is 0 Å². The highest BCUT2D eigenvalue weighted by Crippen LogP contribution is 2.26. The Labute approximate surface area is 149 Å². The third-order valence-electron chi connectivity index (χ3n) is 3.91. The van der Waals surface area contributed by atoms with E-state index in [2.05, 4.69) is 0 Å². The fraction of sp³-hybridized carbons (Fsp3) is 0.263. The van der Waals surface area contributed by atoms with Crippen LogP contribution in [0.15, 0.2) is 60.7 Å². The van der Waals surface area contributed by atoms with Crippen molar-refractivity contribution in [2.24, 2.45) is 0 Å². The molecule has 1 aliphatic heterocycles. The van der Waals surface area contributed by atoms with E-state index >= 15 is 0 Å². The molecule has 1 heterocycles. The zero-order valence-electron chi connectivity index (χ0n) is 13.7. The van der Waals surface area contributed by atoms with Crippen molar-refractivity contribution in [3.63, 3.8) is 0 Å². The van der Waals surface area contributed by atoms with Crippen LogP contribution in [0.1, 0.15) is 20.7 Å². The molecule has 4 atom stereocenters. The normalized spacial score (nSPS) is 24.8. The highest BCUT2D eigenvalue weighted by molar-refractivity contribution is 5.89. The van der Waals surface area contributed by atoms with Gasteiger partial charge in [-0.2, -0.15) is 0 Å². The van der Waals surface area contributed by atoms with E-state index in [1.807, 2.05) is 0 Å². The molecule has 7 heteroatoms. The molecule has 1 N–H and O–H groups in total. The second-order valence-corrected chi connectivity index (χ2v) is 5.71. The van der Waals surface area contributed by atoms with Crippen LogP contribution in [0, 0.1) is 0 Å². The quantitative estimate of drug-likeness (QED) is 0.823. The molecule has 1 aliphatic rings. The van der Waals surface area contributed by atoms with Crippen LogP contribution in [0.25, 0.3) is 0 Å². The Balaban J connectivity index is 1.56. The number of carbonyl (C=O) groups excluding carboxylic acids is 2. The van der Waals surface area contributed by atoms with Gasteiger partial charge in [0.25, 0.3) is 0 Å². The van der Waals surface area contributed by atoms with Crippen molar-refractivity contribution in [3.05, 3.63) is 71.8 Å². The number of aliphatic hydroxyl groups is 1. The molecule has 0 aliphatic carbocycles. The number of hydrogen-bond acceptors (Lipinski definition) is 6. The molecule has 0 aromatic heterocycles. The molecule has 136 valence electrons. The molecule has 1 saturated heterocycles. The van der Waals surface area contributed by atoms with Crippen molar-refractivity contribution in [1.82, 2.24) is 0 Å². The fourth-order valence-corrected chi connectivity index (χ4v) is 2.54. The van der Waals surface area contributed by atoms with Crippen molar-refractivity contribution in [3.8, 4) is 0 Å².